The van der Waals surface area contributed by atoms with Crippen LogP contribution in [0.2, 0.25) is 0 Å². The fourth-order valence-electron chi connectivity index (χ4n) is 3.88. The Kier molecular flexibility index (Phi) is 4.27. The van der Waals surface area contributed by atoms with Gasteiger partial charge in [-0.2, -0.15) is 0 Å². The molecule has 0 aromatic heterocycles. The third kappa shape index (κ3) is 2.70. The number of fused-ring (bicyclic) bond motifs is 1. The molecule has 1 aromatic rings. The minimum Gasteiger partial charge on any atom is -0.496 e. The van der Waals surface area contributed by atoms with Crippen LogP contribution in [0.3, 0.4) is 0 Å². The van der Waals surface area contributed by atoms with Crippen molar-refractivity contribution >= 4 is 0 Å². The van der Waals surface area contributed by atoms with Gasteiger partial charge in [0.1, 0.15) is 5.75 Å². The van der Waals surface area contributed by atoms with E-state index in [-0.39, 0.29) is 0 Å². The molecule has 0 radical (unpaired) electrons. The monoisotopic (exact) mass is 274 g/mol. The molecule has 0 aliphatic carbocycles. The van der Waals surface area contributed by atoms with Crippen LogP contribution >= 0.6 is 0 Å². The van der Waals surface area contributed by atoms with Gasteiger partial charge < -0.3 is 10.1 Å². The van der Waals surface area contributed by atoms with Gasteiger partial charge in [-0.1, -0.05) is 24.6 Å². The van der Waals surface area contributed by atoms with E-state index in [0.717, 1.165) is 11.8 Å². The first-order chi connectivity index (χ1) is 9.79. The highest BCUT2D eigenvalue weighted by atomic mass is 16.5. The van der Waals surface area contributed by atoms with E-state index >= 15 is 0 Å². The molecule has 2 fully saturated rings. The Morgan fingerprint density at radius 3 is 2.90 bits per heavy atom. The number of para-hydroxylation sites is 1. The molecule has 2 heterocycles. The van der Waals surface area contributed by atoms with Crippen LogP contribution in [-0.2, 0) is 0 Å². The normalized spacial score (nSPS) is 28.1. The van der Waals surface area contributed by atoms with Crippen LogP contribution in [0.1, 0.15) is 44.2 Å². The van der Waals surface area contributed by atoms with Crippen LogP contribution in [0.15, 0.2) is 24.3 Å². The molecule has 1 aromatic carbocycles. The second-order valence-electron chi connectivity index (χ2n) is 6.12. The second-order valence-corrected chi connectivity index (χ2v) is 6.12. The van der Waals surface area contributed by atoms with Gasteiger partial charge in [0.2, 0.25) is 0 Å². The predicted octanol–water partition coefficient (Wildman–Crippen LogP) is 2.97. The number of ether oxygens (including phenoxy) is 1. The molecule has 0 saturated carbocycles. The van der Waals surface area contributed by atoms with Crippen molar-refractivity contribution < 1.29 is 4.74 Å². The average molecular weight is 274 g/mol. The summed E-state index contributed by atoms with van der Waals surface area (Å²) in [6.07, 6.45) is 5.41. The van der Waals surface area contributed by atoms with Crippen molar-refractivity contribution in [1.82, 2.24) is 10.2 Å². The van der Waals surface area contributed by atoms with Gasteiger partial charge in [-0.3, -0.25) is 4.90 Å². The number of rotatable bonds is 4. The maximum Gasteiger partial charge on any atom is 0.123 e. The molecule has 20 heavy (non-hydrogen) atoms. The minimum absolute atomic E-state index is 0.345. The highest BCUT2D eigenvalue weighted by molar-refractivity contribution is 5.35. The summed E-state index contributed by atoms with van der Waals surface area (Å²) in [5.41, 5.74) is 1.27. The lowest BCUT2D eigenvalue weighted by atomic mass is 9.97. The average Bonchev–Trinajstić information content (AvgIpc) is 2.90. The summed E-state index contributed by atoms with van der Waals surface area (Å²) >= 11 is 0. The van der Waals surface area contributed by atoms with Crippen LogP contribution in [0, 0.1) is 0 Å². The Morgan fingerprint density at radius 1 is 1.20 bits per heavy atom. The van der Waals surface area contributed by atoms with Crippen LogP contribution in [0.5, 0.6) is 5.75 Å². The van der Waals surface area contributed by atoms with Crippen LogP contribution in [0.4, 0.5) is 0 Å². The lowest BCUT2D eigenvalue weighted by Gasteiger charge is -2.34. The molecule has 2 aliphatic rings. The third-order valence-corrected chi connectivity index (χ3v) is 4.93. The maximum absolute atomic E-state index is 5.49. The van der Waals surface area contributed by atoms with Crippen molar-refractivity contribution in [3.05, 3.63) is 29.8 Å². The summed E-state index contributed by atoms with van der Waals surface area (Å²) in [6.45, 7) is 4.82. The van der Waals surface area contributed by atoms with Gasteiger partial charge in [0, 0.05) is 30.2 Å². The van der Waals surface area contributed by atoms with E-state index in [1.165, 1.54) is 44.3 Å². The number of nitrogens with zero attached hydrogens (tertiary/aromatic N) is 1. The van der Waals surface area contributed by atoms with E-state index in [4.69, 9.17) is 4.74 Å². The number of nitrogens with one attached hydrogen (secondary N) is 1. The van der Waals surface area contributed by atoms with Crippen molar-refractivity contribution in [1.29, 1.82) is 0 Å². The van der Waals surface area contributed by atoms with Crippen molar-refractivity contribution in [2.75, 3.05) is 20.2 Å². The first-order valence-corrected chi connectivity index (χ1v) is 7.92. The Morgan fingerprint density at radius 2 is 2.05 bits per heavy atom. The molecule has 3 atom stereocenters. The largest absolute Gasteiger partial charge is 0.496 e. The highest BCUT2D eigenvalue weighted by Gasteiger charge is 2.36. The first kappa shape index (κ1) is 13.9. The van der Waals surface area contributed by atoms with Crippen LogP contribution in [0.25, 0.3) is 0 Å². The molecule has 0 spiro atoms. The molecule has 3 unspecified atom stereocenters. The van der Waals surface area contributed by atoms with Crippen molar-refractivity contribution in [2.45, 2.75) is 50.7 Å². The Hall–Kier alpha value is -1.06. The number of benzene rings is 1. The number of piperidine rings is 1. The molecule has 3 nitrogen and oxygen atoms in total. The van der Waals surface area contributed by atoms with Gasteiger partial charge in [-0.05, 0) is 38.8 Å². The lowest BCUT2D eigenvalue weighted by Crippen LogP contribution is -2.45. The zero-order valence-electron chi connectivity index (χ0n) is 12.6. The summed E-state index contributed by atoms with van der Waals surface area (Å²) in [5, 5.41) is 3.85. The van der Waals surface area contributed by atoms with E-state index < -0.39 is 0 Å². The lowest BCUT2D eigenvalue weighted by molar-refractivity contribution is 0.177. The van der Waals surface area contributed by atoms with E-state index in [1.807, 2.05) is 6.07 Å². The van der Waals surface area contributed by atoms with E-state index in [9.17, 15) is 0 Å². The smallest absolute Gasteiger partial charge is 0.123 e. The van der Waals surface area contributed by atoms with Crippen LogP contribution in [-0.4, -0.2) is 37.2 Å². The zero-order valence-corrected chi connectivity index (χ0v) is 12.6. The van der Waals surface area contributed by atoms with Crippen molar-refractivity contribution in [2.24, 2.45) is 0 Å². The number of hydrogen-bond donors (Lipinski definition) is 1. The zero-order chi connectivity index (χ0) is 13.9. The van der Waals surface area contributed by atoms with Crippen molar-refractivity contribution in [3.63, 3.8) is 0 Å². The fourth-order valence-corrected chi connectivity index (χ4v) is 3.88. The number of methoxy groups -OCH3 is 1. The minimum atomic E-state index is 0.345. The SMILES string of the molecule is COc1ccccc1C(C)NC1CCN2CCCCC12. The van der Waals surface area contributed by atoms with Gasteiger partial charge in [0.25, 0.3) is 0 Å². The molecule has 3 rings (SSSR count). The quantitative estimate of drug-likeness (QED) is 0.913. The molecule has 3 heteroatoms. The van der Waals surface area contributed by atoms with Gasteiger partial charge in [-0.25, -0.2) is 0 Å². The summed E-state index contributed by atoms with van der Waals surface area (Å²) in [5.74, 6) is 0.992. The summed E-state index contributed by atoms with van der Waals surface area (Å²) in [4.78, 5) is 2.68. The molecular formula is C17H26N2O. The van der Waals surface area contributed by atoms with Gasteiger partial charge in [0.05, 0.1) is 7.11 Å². The predicted molar refractivity (Wildman–Crippen MR) is 82.2 cm³/mol. The van der Waals surface area contributed by atoms with Crippen molar-refractivity contribution in [3.8, 4) is 5.75 Å². The Balaban J connectivity index is 1.68. The molecule has 0 bridgehead atoms. The molecule has 1 N–H and O–H groups in total. The summed E-state index contributed by atoms with van der Waals surface area (Å²) in [7, 11) is 1.75. The molecule has 0 amide bonds. The van der Waals surface area contributed by atoms with Gasteiger partial charge >= 0.3 is 0 Å². The van der Waals surface area contributed by atoms with Gasteiger partial charge in [0.15, 0.2) is 0 Å². The molecule has 2 saturated heterocycles. The molecule has 110 valence electrons. The maximum atomic E-state index is 5.49. The van der Waals surface area contributed by atoms with Crippen LogP contribution < -0.4 is 10.1 Å². The molecular weight excluding hydrogens is 248 g/mol. The second kappa shape index (κ2) is 6.15. The fraction of sp³-hybridized carbons (Fsp3) is 0.647. The standard InChI is InChI=1S/C17H26N2O/c1-13(14-7-3-4-9-17(14)20-2)18-15-10-12-19-11-6-5-8-16(15)19/h3-4,7,9,13,15-16,18H,5-6,8,10-12H2,1-2H3. The topological polar surface area (TPSA) is 24.5 Å². The first-order valence-electron chi connectivity index (χ1n) is 7.92. The number of hydrogen-bond acceptors (Lipinski definition) is 3. The van der Waals surface area contributed by atoms with Gasteiger partial charge in [-0.15, -0.1) is 0 Å². The Bertz CT molecular complexity index is 448. The molecule has 2 aliphatic heterocycles. The third-order valence-electron chi connectivity index (χ3n) is 4.93. The van der Waals surface area contributed by atoms with E-state index in [0.29, 0.717) is 12.1 Å². The van der Waals surface area contributed by atoms with E-state index in [1.54, 1.807) is 7.11 Å². The summed E-state index contributed by atoms with van der Waals surface area (Å²) < 4.78 is 5.49. The Labute approximate surface area is 122 Å². The van der Waals surface area contributed by atoms with E-state index in [2.05, 4.69) is 35.3 Å². The summed E-state index contributed by atoms with van der Waals surface area (Å²) in [6, 6.07) is 10.1. The highest BCUT2D eigenvalue weighted by Crippen LogP contribution is 2.30.